The van der Waals surface area contributed by atoms with Crippen LogP contribution >= 0.6 is 0 Å². The van der Waals surface area contributed by atoms with Crippen molar-refractivity contribution in [1.82, 2.24) is 0 Å². The molecule has 0 radical (unpaired) electrons. The summed E-state index contributed by atoms with van der Waals surface area (Å²) in [6, 6.07) is 24.5. The van der Waals surface area contributed by atoms with Crippen LogP contribution in [0.4, 0.5) is 0 Å². The predicted octanol–water partition coefficient (Wildman–Crippen LogP) is 7.02. The lowest BCUT2D eigenvalue weighted by Gasteiger charge is -2.20. The fraction of sp³-hybridized carbons (Fsp3) is 0.286. The third-order valence-electron chi connectivity index (χ3n) is 5.53. The van der Waals surface area contributed by atoms with Gasteiger partial charge < -0.3 is 10.2 Å². The van der Waals surface area contributed by atoms with Crippen molar-refractivity contribution in [2.45, 2.75) is 51.9 Å². The first-order valence-corrected chi connectivity index (χ1v) is 11.0. The Balaban J connectivity index is 0.000000336. The van der Waals surface area contributed by atoms with E-state index >= 15 is 0 Å². The van der Waals surface area contributed by atoms with Gasteiger partial charge in [-0.05, 0) is 53.5 Å². The molecule has 0 bridgehead atoms. The van der Waals surface area contributed by atoms with E-state index in [1.165, 1.54) is 18.4 Å². The van der Waals surface area contributed by atoms with E-state index in [4.69, 9.17) is 0 Å². The SMILES string of the molecule is CC(CC(C)c1ccccc1C(=O)O)c1ccccc1C(=O)O.CCCc1ccccc1. The first kappa shape index (κ1) is 24.9. The molecule has 0 aliphatic heterocycles. The van der Waals surface area contributed by atoms with Crippen LogP contribution in [0, 0.1) is 0 Å². The van der Waals surface area contributed by atoms with Gasteiger partial charge in [0.2, 0.25) is 0 Å². The van der Waals surface area contributed by atoms with E-state index in [-0.39, 0.29) is 11.8 Å². The van der Waals surface area contributed by atoms with E-state index in [1.54, 1.807) is 24.3 Å². The molecule has 3 rings (SSSR count). The molecule has 0 amide bonds. The predicted molar refractivity (Wildman–Crippen MR) is 129 cm³/mol. The lowest BCUT2D eigenvalue weighted by molar-refractivity contribution is 0.0685. The summed E-state index contributed by atoms with van der Waals surface area (Å²) in [6.07, 6.45) is 3.12. The maximum atomic E-state index is 11.3. The quantitative estimate of drug-likeness (QED) is 0.401. The molecule has 2 N–H and O–H groups in total. The van der Waals surface area contributed by atoms with E-state index in [1.807, 2.05) is 38.1 Å². The highest BCUT2D eigenvalue weighted by molar-refractivity contribution is 5.90. The maximum Gasteiger partial charge on any atom is 0.335 e. The zero-order valence-electron chi connectivity index (χ0n) is 19.0. The fourth-order valence-electron chi connectivity index (χ4n) is 3.96. The standard InChI is InChI=1S/C19H20O4.C9H12/c1-12(14-7-3-5-9-16(14)18(20)21)11-13(2)15-8-4-6-10-17(15)19(22)23;1-2-6-9-7-4-3-5-8-9/h3-10,12-13H,11H2,1-2H3,(H,20,21)(H,22,23);3-5,7-8H,2,6H2,1H3. The molecule has 2 atom stereocenters. The highest BCUT2D eigenvalue weighted by Gasteiger charge is 2.20. The van der Waals surface area contributed by atoms with E-state index in [0.29, 0.717) is 17.5 Å². The molecule has 0 spiro atoms. The van der Waals surface area contributed by atoms with Crippen molar-refractivity contribution in [2.24, 2.45) is 0 Å². The van der Waals surface area contributed by atoms with Gasteiger partial charge in [-0.25, -0.2) is 9.59 Å². The van der Waals surface area contributed by atoms with Gasteiger partial charge in [0.1, 0.15) is 0 Å². The number of carboxylic acid groups (broad SMARTS) is 2. The van der Waals surface area contributed by atoms with Crippen LogP contribution in [0.1, 0.15) is 82.9 Å². The second-order valence-electron chi connectivity index (χ2n) is 8.06. The molecule has 0 heterocycles. The van der Waals surface area contributed by atoms with Crippen molar-refractivity contribution < 1.29 is 19.8 Å². The minimum Gasteiger partial charge on any atom is -0.478 e. The Bertz CT molecular complexity index is 949. The minimum atomic E-state index is -0.939. The molecule has 0 saturated carbocycles. The molecule has 0 aliphatic carbocycles. The Morgan fingerprint density at radius 3 is 1.50 bits per heavy atom. The lowest BCUT2D eigenvalue weighted by atomic mass is 9.84. The molecular weight excluding hydrogens is 400 g/mol. The summed E-state index contributed by atoms with van der Waals surface area (Å²) in [4.78, 5) is 22.7. The van der Waals surface area contributed by atoms with Crippen LogP contribution < -0.4 is 0 Å². The molecule has 0 fully saturated rings. The van der Waals surface area contributed by atoms with Gasteiger partial charge in [0.05, 0.1) is 11.1 Å². The fourth-order valence-corrected chi connectivity index (χ4v) is 3.96. The van der Waals surface area contributed by atoms with Gasteiger partial charge in [-0.2, -0.15) is 0 Å². The smallest absolute Gasteiger partial charge is 0.335 e. The van der Waals surface area contributed by atoms with E-state index in [9.17, 15) is 19.8 Å². The molecule has 32 heavy (non-hydrogen) atoms. The van der Waals surface area contributed by atoms with Gasteiger partial charge in [0, 0.05) is 0 Å². The second-order valence-corrected chi connectivity index (χ2v) is 8.06. The molecule has 0 aromatic heterocycles. The summed E-state index contributed by atoms with van der Waals surface area (Å²) in [5.74, 6) is -1.85. The molecule has 4 nitrogen and oxygen atoms in total. The third-order valence-corrected chi connectivity index (χ3v) is 5.53. The number of carbonyl (C=O) groups is 2. The number of aryl methyl sites for hydroxylation is 1. The van der Waals surface area contributed by atoms with Crippen molar-refractivity contribution in [1.29, 1.82) is 0 Å². The number of aromatic carboxylic acids is 2. The van der Waals surface area contributed by atoms with Gasteiger partial charge >= 0.3 is 11.9 Å². The summed E-state index contributed by atoms with van der Waals surface area (Å²) >= 11 is 0. The second kappa shape index (κ2) is 12.5. The Morgan fingerprint density at radius 2 is 1.09 bits per heavy atom. The Hall–Kier alpha value is -3.40. The molecule has 3 aromatic carbocycles. The summed E-state index contributed by atoms with van der Waals surface area (Å²) in [5.41, 5.74) is 3.61. The summed E-state index contributed by atoms with van der Waals surface area (Å²) < 4.78 is 0. The summed E-state index contributed by atoms with van der Waals surface area (Å²) in [7, 11) is 0. The zero-order chi connectivity index (χ0) is 23.5. The van der Waals surface area contributed by atoms with Crippen LogP contribution in [0.5, 0.6) is 0 Å². The molecule has 0 aliphatic rings. The molecule has 168 valence electrons. The van der Waals surface area contributed by atoms with Crippen molar-refractivity contribution in [3.8, 4) is 0 Å². The van der Waals surface area contributed by atoms with Crippen molar-refractivity contribution in [2.75, 3.05) is 0 Å². The topological polar surface area (TPSA) is 74.6 Å². The minimum absolute atomic E-state index is 0.0131. The number of hydrogen-bond acceptors (Lipinski definition) is 2. The van der Waals surface area contributed by atoms with Crippen LogP contribution in [0.25, 0.3) is 0 Å². The van der Waals surface area contributed by atoms with Crippen molar-refractivity contribution >= 4 is 11.9 Å². The monoisotopic (exact) mass is 432 g/mol. The van der Waals surface area contributed by atoms with Crippen LogP contribution in [-0.2, 0) is 6.42 Å². The molecule has 2 unspecified atom stereocenters. The average molecular weight is 433 g/mol. The highest BCUT2D eigenvalue weighted by Crippen LogP contribution is 2.32. The maximum absolute atomic E-state index is 11.3. The van der Waals surface area contributed by atoms with Crippen LogP contribution in [0.15, 0.2) is 78.9 Å². The van der Waals surface area contributed by atoms with Crippen LogP contribution in [0.2, 0.25) is 0 Å². The normalized spacial score (nSPS) is 12.2. The van der Waals surface area contributed by atoms with E-state index < -0.39 is 11.9 Å². The van der Waals surface area contributed by atoms with Gasteiger partial charge in [-0.1, -0.05) is 93.9 Å². The number of hydrogen-bond donors (Lipinski definition) is 2. The number of rotatable bonds is 8. The Kier molecular flexibility index (Phi) is 9.68. The first-order valence-electron chi connectivity index (χ1n) is 11.0. The van der Waals surface area contributed by atoms with Crippen LogP contribution in [-0.4, -0.2) is 22.2 Å². The van der Waals surface area contributed by atoms with E-state index in [0.717, 1.165) is 11.1 Å². The summed E-state index contributed by atoms with van der Waals surface area (Å²) in [5, 5.41) is 18.6. The van der Waals surface area contributed by atoms with Crippen molar-refractivity contribution in [3.05, 3.63) is 107 Å². The lowest BCUT2D eigenvalue weighted by Crippen LogP contribution is -2.10. The van der Waals surface area contributed by atoms with Gasteiger partial charge in [0.25, 0.3) is 0 Å². The molecule has 3 aromatic rings. The van der Waals surface area contributed by atoms with Crippen LogP contribution in [0.3, 0.4) is 0 Å². The van der Waals surface area contributed by atoms with Gasteiger partial charge in [-0.3, -0.25) is 0 Å². The van der Waals surface area contributed by atoms with E-state index in [2.05, 4.69) is 37.3 Å². The number of benzene rings is 3. The van der Waals surface area contributed by atoms with Gasteiger partial charge in [0.15, 0.2) is 0 Å². The first-order chi connectivity index (χ1) is 15.3. The van der Waals surface area contributed by atoms with Gasteiger partial charge in [-0.15, -0.1) is 0 Å². The molecular formula is C28H32O4. The third kappa shape index (κ3) is 7.09. The zero-order valence-corrected chi connectivity index (χ0v) is 19.0. The molecule has 4 heteroatoms. The Labute approximate surface area is 190 Å². The Morgan fingerprint density at radius 1 is 0.688 bits per heavy atom. The molecule has 0 saturated heterocycles. The number of carboxylic acids is 2. The largest absolute Gasteiger partial charge is 0.478 e. The summed E-state index contributed by atoms with van der Waals surface area (Å²) in [6.45, 7) is 6.15. The highest BCUT2D eigenvalue weighted by atomic mass is 16.4. The average Bonchev–Trinajstić information content (AvgIpc) is 2.80. The van der Waals surface area contributed by atoms with Crippen molar-refractivity contribution in [3.63, 3.8) is 0 Å².